The Morgan fingerprint density at radius 2 is 2.04 bits per heavy atom. The number of anilines is 1. The van der Waals surface area contributed by atoms with E-state index in [0.29, 0.717) is 29.2 Å². The summed E-state index contributed by atoms with van der Waals surface area (Å²) in [7, 11) is 0. The van der Waals surface area contributed by atoms with Gasteiger partial charge in [0.1, 0.15) is 5.56 Å². The number of aryl methyl sites for hydroxylation is 3. The minimum absolute atomic E-state index is 0.0148. The zero-order chi connectivity index (χ0) is 19.0. The molecule has 7 heteroatoms. The molecule has 2 aromatic heterocycles. The number of aromatic nitrogens is 2. The Kier molecular flexibility index (Phi) is 4.78. The highest BCUT2D eigenvalue weighted by molar-refractivity contribution is 7.16. The van der Waals surface area contributed by atoms with Crippen LogP contribution in [0, 0.1) is 0 Å². The Bertz CT molecular complexity index is 965. The van der Waals surface area contributed by atoms with Crippen molar-refractivity contribution in [2.75, 3.05) is 11.4 Å². The molecule has 27 heavy (non-hydrogen) atoms. The number of rotatable bonds is 4. The van der Waals surface area contributed by atoms with Gasteiger partial charge in [-0.15, -0.1) is 17.9 Å². The fraction of sp³-hybridized carbons (Fsp3) is 0.400. The van der Waals surface area contributed by atoms with Gasteiger partial charge in [-0.3, -0.25) is 19.3 Å². The molecule has 2 aliphatic carbocycles. The SMILES string of the molecule is C=CCN(C(=O)c1cc2c([nH]c1=O)CCCC2=O)c1nc2c(s1)CCCC2. The van der Waals surface area contributed by atoms with E-state index in [4.69, 9.17) is 0 Å². The van der Waals surface area contributed by atoms with Gasteiger partial charge in [-0.05, 0) is 44.6 Å². The van der Waals surface area contributed by atoms with Crippen molar-refractivity contribution in [3.63, 3.8) is 0 Å². The summed E-state index contributed by atoms with van der Waals surface area (Å²) in [6.07, 6.45) is 7.60. The van der Waals surface area contributed by atoms with Crippen LogP contribution in [-0.4, -0.2) is 28.2 Å². The Hall–Kier alpha value is -2.54. The maximum atomic E-state index is 13.2. The van der Waals surface area contributed by atoms with Crippen molar-refractivity contribution in [3.05, 3.63) is 56.5 Å². The molecule has 2 heterocycles. The molecule has 0 saturated heterocycles. The zero-order valence-corrected chi connectivity index (χ0v) is 15.9. The molecule has 2 aromatic rings. The van der Waals surface area contributed by atoms with Gasteiger partial charge < -0.3 is 4.98 Å². The van der Waals surface area contributed by atoms with Gasteiger partial charge >= 0.3 is 0 Å². The molecular formula is C20H21N3O3S. The smallest absolute Gasteiger partial charge is 0.265 e. The van der Waals surface area contributed by atoms with E-state index in [-0.39, 0.29) is 17.9 Å². The van der Waals surface area contributed by atoms with Crippen molar-refractivity contribution in [2.24, 2.45) is 0 Å². The minimum Gasteiger partial charge on any atom is -0.325 e. The maximum Gasteiger partial charge on any atom is 0.265 e. The van der Waals surface area contributed by atoms with Crippen LogP contribution >= 0.6 is 11.3 Å². The Morgan fingerprint density at radius 1 is 1.22 bits per heavy atom. The van der Waals surface area contributed by atoms with Crippen LogP contribution in [0.5, 0.6) is 0 Å². The number of hydrogen-bond donors (Lipinski definition) is 1. The summed E-state index contributed by atoms with van der Waals surface area (Å²) in [4.78, 5) is 48.0. The molecule has 2 aliphatic rings. The van der Waals surface area contributed by atoms with Gasteiger partial charge in [0, 0.05) is 29.1 Å². The van der Waals surface area contributed by atoms with Crippen LogP contribution in [0.25, 0.3) is 0 Å². The minimum atomic E-state index is -0.455. The Balaban J connectivity index is 1.73. The highest BCUT2D eigenvalue weighted by atomic mass is 32.1. The van der Waals surface area contributed by atoms with Crippen LogP contribution in [0.2, 0.25) is 0 Å². The average molecular weight is 383 g/mol. The van der Waals surface area contributed by atoms with Crippen molar-refractivity contribution in [1.29, 1.82) is 0 Å². The second-order valence-corrected chi connectivity index (χ2v) is 8.02. The summed E-state index contributed by atoms with van der Waals surface area (Å²) < 4.78 is 0. The lowest BCUT2D eigenvalue weighted by Crippen LogP contribution is -2.36. The molecule has 0 saturated carbocycles. The maximum absolute atomic E-state index is 13.2. The second kappa shape index (κ2) is 7.23. The molecule has 140 valence electrons. The van der Waals surface area contributed by atoms with E-state index in [0.717, 1.165) is 37.8 Å². The molecule has 0 unspecified atom stereocenters. The topological polar surface area (TPSA) is 83.1 Å². The molecule has 0 spiro atoms. The summed E-state index contributed by atoms with van der Waals surface area (Å²) in [5.41, 5.74) is 1.68. The van der Waals surface area contributed by atoms with Crippen LogP contribution < -0.4 is 10.5 Å². The summed E-state index contributed by atoms with van der Waals surface area (Å²) >= 11 is 1.51. The van der Waals surface area contributed by atoms with Gasteiger partial charge in [-0.2, -0.15) is 0 Å². The molecule has 0 atom stereocenters. The van der Waals surface area contributed by atoms with E-state index in [2.05, 4.69) is 16.5 Å². The van der Waals surface area contributed by atoms with Gasteiger partial charge in [0.2, 0.25) is 0 Å². The van der Waals surface area contributed by atoms with Gasteiger partial charge in [0.05, 0.1) is 5.69 Å². The van der Waals surface area contributed by atoms with Gasteiger partial charge in [-0.1, -0.05) is 6.08 Å². The van der Waals surface area contributed by atoms with E-state index in [1.165, 1.54) is 27.2 Å². The number of fused-ring (bicyclic) bond motifs is 2. The first kappa shape index (κ1) is 17.9. The fourth-order valence-corrected chi connectivity index (χ4v) is 4.87. The van der Waals surface area contributed by atoms with Crippen LogP contribution in [0.3, 0.4) is 0 Å². The first-order valence-electron chi connectivity index (χ1n) is 9.29. The number of aromatic amines is 1. The molecule has 0 radical (unpaired) electrons. The summed E-state index contributed by atoms with van der Waals surface area (Å²) in [5.74, 6) is -0.468. The summed E-state index contributed by atoms with van der Waals surface area (Å²) in [6, 6.07) is 1.46. The van der Waals surface area contributed by atoms with E-state index in [9.17, 15) is 14.4 Å². The van der Waals surface area contributed by atoms with Crippen LogP contribution in [-0.2, 0) is 19.3 Å². The number of carbonyl (C=O) groups is 2. The number of H-pyrrole nitrogens is 1. The van der Waals surface area contributed by atoms with E-state index >= 15 is 0 Å². The Labute approximate surface area is 160 Å². The van der Waals surface area contributed by atoms with Crippen molar-refractivity contribution < 1.29 is 9.59 Å². The summed E-state index contributed by atoms with van der Waals surface area (Å²) in [5, 5.41) is 0.593. The number of pyridine rings is 1. The lowest BCUT2D eigenvalue weighted by molar-refractivity contribution is 0.0971. The van der Waals surface area contributed by atoms with Crippen LogP contribution in [0.4, 0.5) is 5.13 Å². The predicted octanol–water partition coefficient (Wildman–Crippen LogP) is 3.06. The number of nitrogens with one attached hydrogen (secondary N) is 1. The Morgan fingerprint density at radius 3 is 2.81 bits per heavy atom. The third-order valence-corrected chi connectivity index (χ3v) is 6.29. The number of nitrogens with zero attached hydrogens (tertiary/aromatic N) is 2. The van der Waals surface area contributed by atoms with Crippen molar-refractivity contribution in [1.82, 2.24) is 9.97 Å². The van der Waals surface area contributed by atoms with Gasteiger partial charge in [0.25, 0.3) is 11.5 Å². The fourth-order valence-electron chi connectivity index (χ4n) is 3.71. The predicted molar refractivity (Wildman–Crippen MR) is 105 cm³/mol. The number of carbonyl (C=O) groups excluding carboxylic acids is 2. The van der Waals surface area contributed by atoms with E-state index < -0.39 is 11.5 Å². The zero-order valence-electron chi connectivity index (χ0n) is 15.0. The number of thiazole rings is 1. The molecule has 0 bridgehead atoms. The van der Waals surface area contributed by atoms with E-state index in [1.807, 2.05) is 0 Å². The normalized spacial score (nSPS) is 15.8. The average Bonchev–Trinajstić information content (AvgIpc) is 3.09. The molecular weight excluding hydrogens is 362 g/mol. The van der Waals surface area contributed by atoms with Gasteiger partial charge in [-0.25, -0.2) is 4.98 Å². The van der Waals surface area contributed by atoms with Crippen molar-refractivity contribution >= 4 is 28.2 Å². The molecule has 1 amide bonds. The third kappa shape index (κ3) is 3.27. The third-order valence-electron chi connectivity index (χ3n) is 5.11. The lowest BCUT2D eigenvalue weighted by Gasteiger charge is -2.19. The molecule has 6 nitrogen and oxygen atoms in total. The largest absolute Gasteiger partial charge is 0.325 e. The number of hydrogen-bond acceptors (Lipinski definition) is 5. The first-order valence-corrected chi connectivity index (χ1v) is 10.1. The molecule has 0 aliphatic heterocycles. The highest BCUT2D eigenvalue weighted by Crippen LogP contribution is 2.32. The molecule has 0 fully saturated rings. The standard InChI is InChI=1S/C20H21N3O3S/c1-2-10-23(20-22-15-6-3-4-9-17(15)27-20)19(26)13-11-12-14(21-18(13)25)7-5-8-16(12)24/h2,11H,1,3-10H2,(H,21,25). The number of ketones is 1. The van der Waals surface area contributed by atoms with Gasteiger partial charge in [0.15, 0.2) is 10.9 Å². The molecule has 1 N–H and O–H groups in total. The monoisotopic (exact) mass is 383 g/mol. The van der Waals surface area contributed by atoms with E-state index in [1.54, 1.807) is 6.08 Å². The number of amides is 1. The van der Waals surface area contributed by atoms with Crippen LogP contribution in [0.15, 0.2) is 23.5 Å². The summed E-state index contributed by atoms with van der Waals surface area (Å²) in [6.45, 7) is 3.99. The first-order chi connectivity index (χ1) is 13.1. The highest BCUT2D eigenvalue weighted by Gasteiger charge is 2.27. The lowest BCUT2D eigenvalue weighted by atomic mass is 9.93. The molecule has 4 rings (SSSR count). The second-order valence-electron chi connectivity index (χ2n) is 6.96. The number of Topliss-reactive ketones (excluding diaryl/α,β-unsaturated/α-hetero) is 1. The quantitative estimate of drug-likeness (QED) is 0.823. The molecule has 0 aromatic carbocycles. The van der Waals surface area contributed by atoms with Crippen molar-refractivity contribution in [3.8, 4) is 0 Å². The van der Waals surface area contributed by atoms with Crippen molar-refractivity contribution in [2.45, 2.75) is 44.9 Å². The van der Waals surface area contributed by atoms with Crippen LogP contribution in [0.1, 0.15) is 62.7 Å².